The topological polar surface area (TPSA) is 36.7 Å². The van der Waals surface area contributed by atoms with Gasteiger partial charge in [-0.1, -0.05) is 23.2 Å². The molecule has 0 aliphatic carbocycles. The van der Waals surface area contributed by atoms with Crippen LogP contribution in [-0.2, 0) is 0 Å². The quantitative estimate of drug-likeness (QED) is 0.633. The van der Waals surface area contributed by atoms with Gasteiger partial charge in [-0.2, -0.15) is 5.26 Å². The molecule has 0 aliphatic rings. The van der Waals surface area contributed by atoms with Crippen LogP contribution in [0.1, 0.15) is 16.7 Å². The Hall–Kier alpha value is -1.59. The molecule has 1 aromatic heterocycles. The van der Waals surface area contributed by atoms with E-state index in [1.54, 1.807) is 6.07 Å². The lowest BCUT2D eigenvalue weighted by Crippen LogP contribution is -1.89. The molecule has 2 nitrogen and oxygen atoms in total. The molecule has 0 atom stereocenters. The van der Waals surface area contributed by atoms with E-state index in [0.29, 0.717) is 10.7 Å². The molecule has 2 rings (SSSR count). The van der Waals surface area contributed by atoms with Crippen LogP contribution < -0.4 is 0 Å². The summed E-state index contributed by atoms with van der Waals surface area (Å²) in [5.74, 6) is 0. The fourth-order valence-corrected chi connectivity index (χ4v) is 1.94. The van der Waals surface area contributed by atoms with E-state index in [4.69, 9.17) is 16.9 Å². The standard InChI is InChI=1S/C12H9ClN2/c1-7-3-8(2)12-10(4-7)9(6-14)5-11(13)15-12/h3-5H,1-2H3. The zero-order valence-corrected chi connectivity index (χ0v) is 9.26. The molecular weight excluding hydrogens is 208 g/mol. The highest BCUT2D eigenvalue weighted by atomic mass is 35.5. The molecule has 0 spiro atoms. The normalized spacial score (nSPS) is 10.3. The van der Waals surface area contributed by atoms with Crippen LogP contribution in [0.5, 0.6) is 0 Å². The van der Waals surface area contributed by atoms with Gasteiger partial charge in [-0.05, 0) is 31.5 Å². The van der Waals surface area contributed by atoms with Crippen molar-refractivity contribution in [3.63, 3.8) is 0 Å². The molecule has 3 heteroatoms. The van der Waals surface area contributed by atoms with E-state index >= 15 is 0 Å². The van der Waals surface area contributed by atoms with Crippen molar-refractivity contribution in [2.75, 3.05) is 0 Å². The van der Waals surface area contributed by atoms with Crippen LogP contribution in [0.3, 0.4) is 0 Å². The third kappa shape index (κ3) is 1.67. The van der Waals surface area contributed by atoms with Crippen molar-refractivity contribution in [1.82, 2.24) is 4.98 Å². The molecular formula is C12H9ClN2. The Morgan fingerprint density at radius 2 is 2.00 bits per heavy atom. The number of hydrogen-bond donors (Lipinski definition) is 0. The first-order valence-corrected chi connectivity index (χ1v) is 4.97. The van der Waals surface area contributed by atoms with Gasteiger partial charge in [-0.3, -0.25) is 0 Å². The summed E-state index contributed by atoms with van der Waals surface area (Å²) >= 11 is 5.85. The summed E-state index contributed by atoms with van der Waals surface area (Å²) in [5.41, 5.74) is 3.56. The Bertz CT molecular complexity index is 582. The fraction of sp³-hybridized carbons (Fsp3) is 0.167. The highest BCUT2D eigenvalue weighted by molar-refractivity contribution is 6.30. The molecule has 0 bridgehead atoms. The minimum Gasteiger partial charge on any atom is -0.236 e. The van der Waals surface area contributed by atoms with Gasteiger partial charge in [0.2, 0.25) is 0 Å². The van der Waals surface area contributed by atoms with Gasteiger partial charge in [0.15, 0.2) is 0 Å². The van der Waals surface area contributed by atoms with E-state index in [2.05, 4.69) is 11.1 Å². The number of aromatic nitrogens is 1. The number of nitriles is 1. The third-order valence-corrected chi connectivity index (χ3v) is 2.53. The van der Waals surface area contributed by atoms with E-state index in [1.165, 1.54) is 0 Å². The summed E-state index contributed by atoms with van der Waals surface area (Å²) in [7, 11) is 0. The minimum atomic E-state index is 0.367. The molecule has 0 unspecified atom stereocenters. The molecule has 0 saturated carbocycles. The summed E-state index contributed by atoms with van der Waals surface area (Å²) in [4.78, 5) is 4.24. The fourth-order valence-electron chi connectivity index (χ4n) is 1.74. The smallest absolute Gasteiger partial charge is 0.131 e. The van der Waals surface area contributed by atoms with Gasteiger partial charge < -0.3 is 0 Å². The number of nitrogens with zero attached hydrogens (tertiary/aromatic N) is 2. The number of fused-ring (bicyclic) bond motifs is 1. The Labute approximate surface area is 93.1 Å². The Morgan fingerprint density at radius 3 is 2.67 bits per heavy atom. The van der Waals surface area contributed by atoms with Crippen molar-refractivity contribution in [2.24, 2.45) is 0 Å². The predicted molar refractivity (Wildman–Crippen MR) is 60.9 cm³/mol. The maximum atomic E-state index is 9.01. The zero-order chi connectivity index (χ0) is 11.0. The van der Waals surface area contributed by atoms with Crippen LogP contribution in [0, 0.1) is 25.2 Å². The van der Waals surface area contributed by atoms with Crippen molar-refractivity contribution in [3.05, 3.63) is 40.0 Å². The van der Waals surface area contributed by atoms with Crippen molar-refractivity contribution in [3.8, 4) is 6.07 Å². The van der Waals surface area contributed by atoms with Crippen molar-refractivity contribution in [2.45, 2.75) is 13.8 Å². The molecule has 0 N–H and O–H groups in total. The molecule has 0 aliphatic heterocycles. The first-order valence-electron chi connectivity index (χ1n) is 4.59. The first kappa shape index (κ1) is 9.95. The largest absolute Gasteiger partial charge is 0.236 e. The average molecular weight is 217 g/mol. The molecule has 74 valence electrons. The van der Waals surface area contributed by atoms with Crippen LogP contribution in [0.4, 0.5) is 0 Å². The Kier molecular flexibility index (Phi) is 2.34. The van der Waals surface area contributed by atoms with Gasteiger partial charge in [0.05, 0.1) is 17.1 Å². The first-order chi connectivity index (χ1) is 7.11. The van der Waals surface area contributed by atoms with Gasteiger partial charge in [-0.15, -0.1) is 0 Å². The summed E-state index contributed by atoms with van der Waals surface area (Å²) in [5, 5.41) is 10.2. The SMILES string of the molecule is Cc1cc(C)c2nc(Cl)cc(C#N)c2c1. The summed E-state index contributed by atoms with van der Waals surface area (Å²) < 4.78 is 0. The number of pyridine rings is 1. The number of hydrogen-bond acceptors (Lipinski definition) is 2. The van der Waals surface area contributed by atoms with Crippen LogP contribution >= 0.6 is 11.6 Å². The number of rotatable bonds is 0. The van der Waals surface area contributed by atoms with Gasteiger partial charge in [0, 0.05) is 5.39 Å². The maximum Gasteiger partial charge on any atom is 0.131 e. The number of halogens is 1. The summed E-state index contributed by atoms with van der Waals surface area (Å²) in [6.07, 6.45) is 0. The highest BCUT2D eigenvalue weighted by Gasteiger charge is 2.07. The van der Waals surface area contributed by atoms with Crippen LogP contribution in [0.25, 0.3) is 10.9 Å². The Morgan fingerprint density at radius 1 is 1.27 bits per heavy atom. The third-order valence-electron chi connectivity index (χ3n) is 2.34. The minimum absolute atomic E-state index is 0.367. The maximum absolute atomic E-state index is 9.01. The van der Waals surface area contributed by atoms with Gasteiger partial charge in [0.1, 0.15) is 5.15 Å². The number of benzene rings is 1. The molecule has 1 aromatic carbocycles. The average Bonchev–Trinajstić information content (AvgIpc) is 2.18. The monoisotopic (exact) mass is 216 g/mol. The highest BCUT2D eigenvalue weighted by Crippen LogP contribution is 2.24. The zero-order valence-electron chi connectivity index (χ0n) is 8.50. The van der Waals surface area contributed by atoms with E-state index in [9.17, 15) is 0 Å². The lowest BCUT2D eigenvalue weighted by Gasteiger charge is -2.05. The van der Waals surface area contributed by atoms with Gasteiger partial charge >= 0.3 is 0 Å². The molecule has 0 fully saturated rings. The molecule has 1 heterocycles. The van der Waals surface area contributed by atoms with E-state index < -0.39 is 0 Å². The second-order valence-electron chi connectivity index (χ2n) is 3.58. The van der Waals surface area contributed by atoms with Crippen LogP contribution in [0.2, 0.25) is 5.15 Å². The second-order valence-corrected chi connectivity index (χ2v) is 3.97. The lowest BCUT2D eigenvalue weighted by atomic mass is 10.0. The van der Waals surface area contributed by atoms with Gasteiger partial charge in [0.25, 0.3) is 0 Å². The molecule has 2 aromatic rings. The second kappa shape index (κ2) is 3.52. The molecule has 0 saturated heterocycles. The number of aryl methyl sites for hydroxylation is 2. The van der Waals surface area contributed by atoms with Crippen LogP contribution in [-0.4, -0.2) is 4.98 Å². The van der Waals surface area contributed by atoms with Gasteiger partial charge in [-0.25, -0.2) is 4.98 Å². The van der Waals surface area contributed by atoms with Crippen molar-refractivity contribution in [1.29, 1.82) is 5.26 Å². The van der Waals surface area contributed by atoms with E-state index in [-0.39, 0.29) is 0 Å². The molecule has 0 amide bonds. The summed E-state index contributed by atoms with van der Waals surface area (Å²) in [6.45, 7) is 3.97. The van der Waals surface area contributed by atoms with Crippen LogP contribution in [0.15, 0.2) is 18.2 Å². The lowest BCUT2D eigenvalue weighted by molar-refractivity contribution is 1.33. The summed E-state index contributed by atoms with van der Waals surface area (Å²) in [6, 6.07) is 7.74. The van der Waals surface area contributed by atoms with E-state index in [1.807, 2.05) is 26.0 Å². The van der Waals surface area contributed by atoms with E-state index in [0.717, 1.165) is 22.0 Å². The molecule has 0 radical (unpaired) electrons. The predicted octanol–water partition coefficient (Wildman–Crippen LogP) is 3.38. The van der Waals surface area contributed by atoms with Crippen molar-refractivity contribution >= 4 is 22.5 Å². The van der Waals surface area contributed by atoms with Crippen molar-refractivity contribution < 1.29 is 0 Å². The Balaban J connectivity index is 2.98. The molecule has 15 heavy (non-hydrogen) atoms.